The number of nitrogens with zero attached hydrogens (tertiary/aromatic N) is 1. The molecule has 0 amide bonds. The van der Waals surface area contributed by atoms with Gasteiger partial charge in [0.2, 0.25) is 0 Å². The molecule has 1 unspecified atom stereocenters. The van der Waals surface area contributed by atoms with E-state index in [0.717, 1.165) is 16.9 Å². The van der Waals surface area contributed by atoms with Gasteiger partial charge in [-0.2, -0.15) is 0 Å². The van der Waals surface area contributed by atoms with E-state index in [-0.39, 0.29) is 12.4 Å². The van der Waals surface area contributed by atoms with Gasteiger partial charge in [-0.3, -0.25) is 4.90 Å². The van der Waals surface area contributed by atoms with Crippen LogP contribution in [0.15, 0.2) is 78.9 Å². The number of aliphatic hydroxyl groups is 1. The zero-order valence-electron chi connectivity index (χ0n) is 17.2. The maximum Gasteiger partial charge on any atom is 0.127 e. The lowest BCUT2D eigenvalue weighted by molar-refractivity contribution is 0.00696. The first-order valence-electron chi connectivity index (χ1n) is 10.0. The molecule has 0 aliphatic rings. The third-order valence-corrected chi connectivity index (χ3v) is 4.81. The fourth-order valence-electron chi connectivity index (χ4n) is 3.28. The molecule has 1 N–H and O–H groups in total. The van der Waals surface area contributed by atoms with Crippen molar-refractivity contribution >= 4 is 0 Å². The van der Waals surface area contributed by atoms with E-state index in [1.807, 2.05) is 65.6 Å². The fraction of sp³-hybridized carbons (Fsp3) is 0.280. The number of ether oxygens (including phenoxy) is 2. The van der Waals surface area contributed by atoms with Crippen molar-refractivity contribution in [2.75, 3.05) is 20.3 Å². The van der Waals surface area contributed by atoms with E-state index < -0.39 is 6.10 Å². The first kappa shape index (κ1) is 22.0. The minimum absolute atomic E-state index is 0.214. The average molecular weight is 410 g/mol. The molecule has 0 saturated heterocycles. The number of benzene rings is 3. The van der Waals surface area contributed by atoms with Crippen LogP contribution in [0.3, 0.4) is 0 Å². The summed E-state index contributed by atoms with van der Waals surface area (Å²) in [6.07, 6.45) is -0.682. The van der Waals surface area contributed by atoms with Crippen LogP contribution in [0.5, 0.6) is 5.75 Å². The minimum Gasteiger partial charge on any atom is -0.497 e. The van der Waals surface area contributed by atoms with Gasteiger partial charge in [-0.1, -0.05) is 60.7 Å². The number of halogens is 1. The van der Waals surface area contributed by atoms with Crippen molar-refractivity contribution in [1.29, 1.82) is 0 Å². The maximum atomic E-state index is 14.2. The first-order chi connectivity index (χ1) is 14.6. The third kappa shape index (κ3) is 6.95. The second-order valence-corrected chi connectivity index (χ2v) is 7.26. The molecular formula is C25H28FNO3. The normalized spacial score (nSPS) is 12.1. The van der Waals surface area contributed by atoms with Crippen molar-refractivity contribution in [2.24, 2.45) is 0 Å². The molecule has 5 heteroatoms. The average Bonchev–Trinajstić information content (AvgIpc) is 2.76. The molecule has 3 aromatic carbocycles. The Hall–Kier alpha value is -2.73. The van der Waals surface area contributed by atoms with E-state index >= 15 is 0 Å². The molecule has 0 spiro atoms. The summed E-state index contributed by atoms with van der Waals surface area (Å²) < 4.78 is 25.1. The molecule has 0 fully saturated rings. The Morgan fingerprint density at radius 3 is 2.27 bits per heavy atom. The Kier molecular flexibility index (Phi) is 8.39. The molecule has 158 valence electrons. The SMILES string of the molecule is COc1ccc(CN(Cc2ccccc2F)CC(O)COCc2ccccc2)cc1. The summed E-state index contributed by atoms with van der Waals surface area (Å²) >= 11 is 0. The van der Waals surface area contributed by atoms with Crippen LogP contribution < -0.4 is 4.74 Å². The Labute approximate surface area is 177 Å². The smallest absolute Gasteiger partial charge is 0.127 e. The Balaban J connectivity index is 1.61. The van der Waals surface area contributed by atoms with Gasteiger partial charge in [0.25, 0.3) is 0 Å². The van der Waals surface area contributed by atoms with Gasteiger partial charge in [-0.15, -0.1) is 0 Å². The van der Waals surface area contributed by atoms with Crippen LogP contribution in [0.1, 0.15) is 16.7 Å². The molecular weight excluding hydrogens is 381 g/mol. The molecule has 0 aliphatic carbocycles. The van der Waals surface area contributed by atoms with Crippen LogP contribution in [-0.2, 0) is 24.4 Å². The predicted molar refractivity (Wildman–Crippen MR) is 116 cm³/mol. The highest BCUT2D eigenvalue weighted by atomic mass is 19.1. The number of aliphatic hydroxyl groups excluding tert-OH is 1. The molecule has 0 aliphatic heterocycles. The Bertz CT molecular complexity index is 886. The van der Waals surface area contributed by atoms with E-state index in [1.54, 1.807) is 19.2 Å². The number of hydrogen-bond acceptors (Lipinski definition) is 4. The van der Waals surface area contributed by atoms with E-state index in [2.05, 4.69) is 0 Å². The second kappa shape index (κ2) is 11.5. The van der Waals surface area contributed by atoms with Crippen molar-refractivity contribution in [3.8, 4) is 5.75 Å². The second-order valence-electron chi connectivity index (χ2n) is 7.26. The van der Waals surface area contributed by atoms with Gasteiger partial charge in [0, 0.05) is 25.2 Å². The van der Waals surface area contributed by atoms with Gasteiger partial charge in [0.1, 0.15) is 11.6 Å². The molecule has 0 heterocycles. The number of hydrogen-bond donors (Lipinski definition) is 1. The molecule has 0 aromatic heterocycles. The monoisotopic (exact) mass is 409 g/mol. The third-order valence-electron chi connectivity index (χ3n) is 4.81. The summed E-state index contributed by atoms with van der Waals surface area (Å²) in [6, 6.07) is 24.3. The summed E-state index contributed by atoms with van der Waals surface area (Å²) in [6.45, 7) is 2.01. The van der Waals surface area contributed by atoms with Crippen LogP contribution >= 0.6 is 0 Å². The van der Waals surface area contributed by atoms with Gasteiger partial charge >= 0.3 is 0 Å². The van der Waals surface area contributed by atoms with Crippen molar-refractivity contribution in [3.05, 3.63) is 101 Å². The van der Waals surface area contributed by atoms with Crippen LogP contribution in [0.4, 0.5) is 4.39 Å². The molecule has 0 saturated carbocycles. The Morgan fingerprint density at radius 2 is 1.57 bits per heavy atom. The van der Waals surface area contributed by atoms with Gasteiger partial charge in [-0.05, 0) is 29.3 Å². The quantitative estimate of drug-likeness (QED) is 0.509. The summed E-state index contributed by atoms with van der Waals surface area (Å²) in [5.41, 5.74) is 2.72. The van der Waals surface area contributed by atoms with E-state index in [0.29, 0.717) is 31.8 Å². The van der Waals surface area contributed by atoms with Crippen molar-refractivity contribution in [1.82, 2.24) is 4.90 Å². The largest absolute Gasteiger partial charge is 0.497 e. The molecule has 4 nitrogen and oxygen atoms in total. The maximum absolute atomic E-state index is 14.2. The summed E-state index contributed by atoms with van der Waals surface area (Å²) in [5, 5.41) is 10.5. The van der Waals surface area contributed by atoms with Crippen molar-refractivity contribution in [2.45, 2.75) is 25.8 Å². The highest BCUT2D eigenvalue weighted by Crippen LogP contribution is 2.16. The summed E-state index contributed by atoms with van der Waals surface area (Å²) in [4.78, 5) is 2.02. The van der Waals surface area contributed by atoms with Crippen LogP contribution in [0.2, 0.25) is 0 Å². The standard InChI is InChI=1S/C25H28FNO3/c1-29-24-13-11-20(12-14-24)15-27(16-22-9-5-6-10-25(22)26)17-23(28)19-30-18-21-7-3-2-4-8-21/h2-14,23,28H,15-19H2,1H3. The van der Waals surface area contributed by atoms with E-state index in [9.17, 15) is 9.50 Å². The van der Waals surface area contributed by atoms with Gasteiger partial charge in [0.05, 0.1) is 26.4 Å². The zero-order chi connectivity index (χ0) is 21.2. The van der Waals surface area contributed by atoms with Gasteiger partial charge in [0.15, 0.2) is 0 Å². The molecule has 3 rings (SSSR count). The summed E-state index contributed by atoms with van der Waals surface area (Å²) in [7, 11) is 1.63. The van der Waals surface area contributed by atoms with E-state index in [1.165, 1.54) is 6.07 Å². The van der Waals surface area contributed by atoms with E-state index in [4.69, 9.17) is 9.47 Å². The highest BCUT2D eigenvalue weighted by molar-refractivity contribution is 5.27. The van der Waals surface area contributed by atoms with Crippen LogP contribution in [-0.4, -0.2) is 36.4 Å². The summed E-state index contributed by atoms with van der Waals surface area (Å²) in [5.74, 6) is 0.542. The molecule has 0 bridgehead atoms. The number of rotatable bonds is 11. The van der Waals surface area contributed by atoms with Crippen molar-refractivity contribution < 1.29 is 19.0 Å². The molecule has 1 atom stereocenters. The predicted octanol–water partition coefficient (Wildman–Crippen LogP) is 4.41. The number of methoxy groups -OCH3 is 1. The zero-order valence-corrected chi connectivity index (χ0v) is 17.2. The lowest BCUT2D eigenvalue weighted by Gasteiger charge is -2.25. The minimum atomic E-state index is -0.682. The van der Waals surface area contributed by atoms with Gasteiger partial charge < -0.3 is 14.6 Å². The molecule has 0 radical (unpaired) electrons. The first-order valence-corrected chi connectivity index (χ1v) is 10.0. The van der Waals surface area contributed by atoms with Gasteiger partial charge in [-0.25, -0.2) is 4.39 Å². The van der Waals surface area contributed by atoms with Crippen molar-refractivity contribution in [3.63, 3.8) is 0 Å². The highest BCUT2D eigenvalue weighted by Gasteiger charge is 2.15. The molecule has 30 heavy (non-hydrogen) atoms. The Morgan fingerprint density at radius 1 is 0.867 bits per heavy atom. The molecule has 3 aromatic rings. The lowest BCUT2D eigenvalue weighted by Crippen LogP contribution is -2.34. The topological polar surface area (TPSA) is 41.9 Å². The van der Waals surface area contributed by atoms with Crippen LogP contribution in [0, 0.1) is 5.82 Å². The lowest BCUT2D eigenvalue weighted by atomic mass is 10.1. The fourth-order valence-corrected chi connectivity index (χ4v) is 3.28. The van der Waals surface area contributed by atoms with Crippen LogP contribution in [0.25, 0.3) is 0 Å².